The van der Waals surface area contributed by atoms with Gasteiger partial charge in [-0.05, 0) is 76.2 Å². The van der Waals surface area contributed by atoms with Crippen molar-refractivity contribution in [1.82, 2.24) is 19.8 Å². The maximum atomic E-state index is 17.7. The fourth-order valence-corrected chi connectivity index (χ4v) is 8.06. The number of anilines is 1. The van der Waals surface area contributed by atoms with Crippen molar-refractivity contribution in [2.24, 2.45) is 0 Å². The maximum absolute atomic E-state index is 17.7. The van der Waals surface area contributed by atoms with Crippen LogP contribution in [-0.2, 0) is 28.7 Å². The number of carbonyl (C=O) groups excluding carboxylic acids is 1. The third-order valence-electron chi connectivity index (χ3n) is 10.2. The van der Waals surface area contributed by atoms with E-state index >= 15 is 4.39 Å². The number of fused-ring (bicyclic) bond motifs is 3. The number of nitrogens with zero attached hydrogens (tertiary/aromatic N) is 6. The van der Waals surface area contributed by atoms with E-state index in [2.05, 4.69) is 24.6 Å². The summed E-state index contributed by atoms with van der Waals surface area (Å²) in [6.07, 6.45) is 4.53. The molecular formula is C32H37ClF2N6O2. The molecule has 1 amide bonds. The number of halogens is 3. The van der Waals surface area contributed by atoms with Gasteiger partial charge < -0.3 is 19.4 Å². The molecule has 4 atom stereocenters. The van der Waals surface area contributed by atoms with Crippen molar-refractivity contribution in [3.05, 3.63) is 58.0 Å². The first-order valence-electron chi connectivity index (χ1n) is 15.1. The summed E-state index contributed by atoms with van der Waals surface area (Å²) in [6, 6.07) is 7.62. The van der Waals surface area contributed by atoms with Crippen LogP contribution in [0.1, 0.15) is 61.4 Å². The first-order valence-corrected chi connectivity index (χ1v) is 15.4. The highest BCUT2D eigenvalue weighted by Crippen LogP contribution is 2.59. The van der Waals surface area contributed by atoms with Crippen molar-refractivity contribution in [3.63, 3.8) is 0 Å². The Bertz CT molecular complexity index is 1490. The molecule has 43 heavy (non-hydrogen) atoms. The Hall–Kier alpha value is -3.29. The summed E-state index contributed by atoms with van der Waals surface area (Å²) in [5.74, 6) is -1.32. The summed E-state index contributed by atoms with van der Waals surface area (Å²) in [5, 5.41) is 10.2. The normalized spacial score (nSPS) is 28.5. The molecule has 8 nitrogen and oxygen atoms in total. The molecule has 4 aliphatic rings. The largest absolute Gasteiger partial charge is 0.462 e. The van der Waals surface area contributed by atoms with Crippen molar-refractivity contribution in [2.75, 3.05) is 44.7 Å². The quantitative estimate of drug-likeness (QED) is 0.424. The molecule has 2 unspecified atom stereocenters. The van der Waals surface area contributed by atoms with Gasteiger partial charge in [0.1, 0.15) is 12.4 Å². The minimum atomic E-state index is -1.84. The number of aromatic nitrogens is 2. The monoisotopic (exact) mass is 610 g/mol. The average Bonchev–Trinajstić information content (AvgIpc) is 3.58. The zero-order valence-corrected chi connectivity index (χ0v) is 25.5. The summed E-state index contributed by atoms with van der Waals surface area (Å²) in [7, 11) is 2.06. The number of amides is 1. The number of likely N-dealkylation sites (N-methyl/N-ethyl adjacent to an activating group) is 1. The van der Waals surface area contributed by atoms with Gasteiger partial charge in [-0.1, -0.05) is 30.3 Å². The van der Waals surface area contributed by atoms with E-state index in [9.17, 15) is 14.4 Å². The van der Waals surface area contributed by atoms with Crippen LogP contribution < -0.4 is 9.64 Å². The Morgan fingerprint density at radius 1 is 1.21 bits per heavy atom. The third-order valence-corrected chi connectivity index (χ3v) is 10.6. The molecule has 1 aromatic carbocycles. The standard InChI is InChI=1S/C32H37ClF2N6O2/c1-20(34)29(42)41-17-16-40(18-21(41)11-14-36)28-24-10-13-32(12-9-23-25(32)7-4-8-26(23)33)31(2,35)27(24)37-30(38-28)43-19-22-6-5-15-39(22)3/h4,7-8,21-22H,1,5-6,9-13,15-19H2,2-3H3/t21-,22-,31?,32?/m0/s1. The summed E-state index contributed by atoms with van der Waals surface area (Å²) in [4.78, 5) is 27.7. The molecule has 6 rings (SSSR count). The molecule has 2 saturated heterocycles. The highest BCUT2D eigenvalue weighted by atomic mass is 35.5. The Morgan fingerprint density at radius 3 is 2.67 bits per heavy atom. The second-order valence-corrected chi connectivity index (χ2v) is 12.9. The van der Waals surface area contributed by atoms with E-state index in [1.54, 1.807) is 6.92 Å². The van der Waals surface area contributed by atoms with Gasteiger partial charge in [0.2, 0.25) is 0 Å². The molecule has 2 aromatic rings. The van der Waals surface area contributed by atoms with Gasteiger partial charge >= 0.3 is 6.01 Å². The van der Waals surface area contributed by atoms with Crippen LogP contribution in [0.2, 0.25) is 5.02 Å². The van der Waals surface area contributed by atoms with Crippen molar-refractivity contribution >= 4 is 23.3 Å². The molecule has 11 heteroatoms. The van der Waals surface area contributed by atoms with E-state index < -0.39 is 28.9 Å². The predicted molar refractivity (Wildman–Crippen MR) is 160 cm³/mol. The van der Waals surface area contributed by atoms with Crippen LogP contribution in [-0.4, -0.2) is 77.6 Å². The number of ether oxygens (including phenoxy) is 1. The molecule has 1 spiro atoms. The molecule has 2 aliphatic heterocycles. The zero-order chi connectivity index (χ0) is 30.5. The first kappa shape index (κ1) is 29.8. The first-order chi connectivity index (χ1) is 20.6. The van der Waals surface area contributed by atoms with E-state index in [-0.39, 0.29) is 31.6 Å². The number of nitriles is 1. The van der Waals surface area contributed by atoms with Crippen LogP contribution in [0.3, 0.4) is 0 Å². The van der Waals surface area contributed by atoms with Crippen LogP contribution in [0.25, 0.3) is 0 Å². The highest BCUT2D eigenvalue weighted by molar-refractivity contribution is 6.31. The van der Waals surface area contributed by atoms with Gasteiger partial charge in [-0.25, -0.2) is 8.78 Å². The van der Waals surface area contributed by atoms with E-state index in [4.69, 9.17) is 26.3 Å². The SMILES string of the molecule is C=C(F)C(=O)N1CCN(c2nc(OC[C@@H]3CCCN3C)nc3c2CCC2(CCc4c(Cl)cccc42)C3(C)F)C[C@@H]1CC#N. The number of carbonyl (C=O) groups is 1. The molecule has 0 saturated carbocycles. The Kier molecular flexibility index (Phi) is 7.84. The molecular weight excluding hydrogens is 574 g/mol. The topological polar surface area (TPSA) is 85.6 Å². The van der Waals surface area contributed by atoms with E-state index in [1.807, 2.05) is 23.1 Å². The number of hydrogen-bond acceptors (Lipinski definition) is 7. The fraction of sp³-hybridized carbons (Fsp3) is 0.562. The fourth-order valence-electron chi connectivity index (χ4n) is 7.79. The molecule has 0 N–H and O–H groups in total. The number of rotatable bonds is 6. The van der Waals surface area contributed by atoms with Gasteiger partial charge in [-0.2, -0.15) is 15.2 Å². The van der Waals surface area contributed by atoms with Crippen LogP contribution >= 0.6 is 11.6 Å². The zero-order valence-electron chi connectivity index (χ0n) is 24.7. The van der Waals surface area contributed by atoms with Gasteiger partial charge in [0.25, 0.3) is 5.91 Å². The number of alkyl halides is 1. The second kappa shape index (κ2) is 11.3. The smallest absolute Gasteiger partial charge is 0.318 e. The van der Waals surface area contributed by atoms with Crippen LogP contribution in [0.15, 0.2) is 30.6 Å². The van der Waals surface area contributed by atoms with Crippen molar-refractivity contribution in [1.29, 1.82) is 5.26 Å². The lowest BCUT2D eigenvalue weighted by Crippen LogP contribution is -2.56. The molecule has 228 valence electrons. The Labute approximate surface area is 256 Å². The molecule has 2 fully saturated rings. The van der Waals surface area contributed by atoms with Crippen LogP contribution in [0.4, 0.5) is 14.6 Å². The van der Waals surface area contributed by atoms with Crippen LogP contribution in [0, 0.1) is 11.3 Å². The summed E-state index contributed by atoms with van der Waals surface area (Å²) < 4.78 is 37.7. The van der Waals surface area contributed by atoms with Gasteiger partial charge in [0, 0.05) is 41.7 Å². The van der Waals surface area contributed by atoms with Gasteiger partial charge in [-0.15, -0.1) is 0 Å². The minimum Gasteiger partial charge on any atom is -0.462 e. The molecule has 3 heterocycles. The predicted octanol–water partition coefficient (Wildman–Crippen LogP) is 5.03. The Morgan fingerprint density at radius 2 is 1.98 bits per heavy atom. The van der Waals surface area contributed by atoms with Gasteiger partial charge in [-0.3, -0.25) is 4.79 Å². The summed E-state index contributed by atoms with van der Waals surface area (Å²) >= 11 is 6.57. The van der Waals surface area contributed by atoms with E-state index in [0.29, 0.717) is 60.9 Å². The third kappa shape index (κ3) is 4.95. The minimum absolute atomic E-state index is 0.0155. The Balaban J connectivity index is 1.41. The van der Waals surface area contributed by atoms with Crippen molar-refractivity contribution in [2.45, 2.75) is 75.0 Å². The number of piperazine rings is 1. The van der Waals surface area contributed by atoms with E-state index in [1.165, 1.54) is 4.90 Å². The molecule has 1 aromatic heterocycles. The van der Waals surface area contributed by atoms with Gasteiger partial charge in [0.05, 0.1) is 24.2 Å². The van der Waals surface area contributed by atoms with E-state index in [0.717, 1.165) is 30.5 Å². The summed E-state index contributed by atoms with van der Waals surface area (Å²) in [6.45, 7) is 6.91. The number of benzene rings is 1. The summed E-state index contributed by atoms with van der Waals surface area (Å²) in [5.41, 5.74) is 0.345. The number of likely N-dealkylation sites (tertiary alicyclic amines) is 1. The molecule has 0 bridgehead atoms. The van der Waals surface area contributed by atoms with Gasteiger partial charge in [0.15, 0.2) is 11.5 Å². The average molecular weight is 611 g/mol. The maximum Gasteiger partial charge on any atom is 0.318 e. The molecule has 0 radical (unpaired) electrons. The second-order valence-electron chi connectivity index (χ2n) is 12.5. The lowest BCUT2D eigenvalue weighted by molar-refractivity contribution is -0.131. The molecule has 2 aliphatic carbocycles. The highest BCUT2D eigenvalue weighted by Gasteiger charge is 2.59. The van der Waals surface area contributed by atoms with Crippen LogP contribution in [0.5, 0.6) is 6.01 Å². The number of hydrogen-bond donors (Lipinski definition) is 0. The van der Waals surface area contributed by atoms with Crippen molar-refractivity contribution in [3.8, 4) is 12.1 Å². The van der Waals surface area contributed by atoms with Crippen molar-refractivity contribution < 1.29 is 18.3 Å². The lowest BCUT2D eigenvalue weighted by Gasteiger charge is -2.47. The lowest BCUT2D eigenvalue weighted by atomic mass is 9.61.